The van der Waals surface area contributed by atoms with Crippen LogP contribution in [-0.2, 0) is 12.6 Å². The highest BCUT2D eigenvalue weighted by atomic mass is 19.4. The van der Waals surface area contributed by atoms with Gasteiger partial charge in [-0.25, -0.2) is 0 Å². The Morgan fingerprint density at radius 1 is 1.26 bits per heavy atom. The Labute approximate surface area is 107 Å². The number of alkyl halides is 3. The molecule has 0 aliphatic carbocycles. The highest BCUT2D eigenvalue weighted by molar-refractivity contribution is 5.26. The molecule has 1 atom stereocenters. The minimum Gasteiger partial charge on any atom is -0.338 e. The van der Waals surface area contributed by atoms with E-state index in [4.69, 9.17) is 10.3 Å². The molecule has 102 valence electrons. The molecule has 4 nitrogen and oxygen atoms in total. The van der Waals surface area contributed by atoms with Crippen molar-refractivity contribution in [1.29, 1.82) is 0 Å². The average molecular weight is 271 g/mol. The molecule has 19 heavy (non-hydrogen) atoms. The molecule has 0 saturated heterocycles. The molecule has 7 heteroatoms. The van der Waals surface area contributed by atoms with Gasteiger partial charge in [0.15, 0.2) is 5.82 Å². The Hall–Kier alpha value is -1.89. The van der Waals surface area contributed by atoms with Crippen molar-refractivity contribution >= 4 is 0 Å². The summed E-state index contributed by atoms with van der Waals surface area (Å²) in [5, 5.41) is 3.72. The number of benzene rings is 1. The van der Waals surface area contributed by atoms with Crippen LogP contribution in [0.1, 0.15) is 35.8 Å². The van der Waals surface area contributed by atoms with Gasteiger partial charge in [-0.15, -0.1) is 0 Å². The van der Waals surface area contributed by atoms with Crippen molar-refractivity contribution < 1.29 is 17.7 Å². The van der Waals surface area contributed by atoms with Crippen LogP contribution in [-0.4, -0.2) is 10.1 Å². The highest BCUT2D eigenvalue weighted by Crippen LogP contribution is 2.29. The molecule has 0 radical (unpaired) electrons. The fraction of sp³-hybridized carbons (Fsp3) is 0.333. The quantitative estimate of drug-likeness (QED) is 0.932. The molecule has 1 aromatic heterocycles. The lowest BCUT2D eigenvalue weighted by Gasteiger charge is -2.06. The van der Waals surface area contributed by atoms with Gasteiger partial charge in [0.2, 0.25) is 5.89 Å². The van der Waals surface area contributed by atoms with E-state index in [2.05, 4.69) is 10.1 Å². The van der Waals surface area contributed by atoms with Crippen LogP contribution in [0.3, 0.4) is 0 Å². The predicted octanol–water partition coefficient (Wildman–Crippen LogP) is 2.70. The number of nitrogens with zero attached hydrogens (tertiary/aromatic N) is 2. The minimum absolute atomic E-state index is 0.300. The maximum absolute atomic E-state index is 12.4. The molecule has 0 spiro atoms. The van der Waals surface area contributed by atoms with Crippen molar-refractivity contribution in [3.63, 3.8) is 0 Å². The van der Waals surface area contributed by atoms with Crippen molar-refractivity contribution in [3.05, 3.63) is 47.1 Å². The van der Waals surface area contributed by atoms with Crippen LogP contribution in [0.4, 0.5) is 13.2 Å². The van der Waals surface area contributed by atoms with Gasteiger partial charge in [0, 0.05) is 6.42 Å². The Kier molecular flexibility index (Phi) is 3.57. The third-order valence-corrected chi connectivity index (χ3v) is 2.52. The van der Waals surface area contributed by atoms with E-state index in [1.165, 1.54) is 12.1 Å². The van der Waals surface area contributed by atoms with E-state index in [9.17, 15) is 13.2 Å². The first-order valence-corrected chi connectivity index (χ1v) is 5.60. The van der Waals surface area contributed by atoms with E-state index >= 15 is 0 Å². The predicted molar refractivity (Wildman–Crippen MR) is 61.2 cm³/mol. The Balaban J connectivity index is 2.11. The van der Waals surface area contributed by atoms with E-state index in [1.54, 1.807) is 6.92 Å². The number of rotatable bonds is 3. The van der Waals surface area contributed by atoms with Crippen LogP contribution in [0.2, 0.25) is 0 Å². The molecule has 0 fully saturated rings. The molecular formula is C12H12F3N3O. The second-order valence-electron chi connectivity index (χ2n) is 4.21. The van der Waals surface area contributed by atoms with Crippen molar-refractivity contribution in [1.82, 2.24) is 10.1 Å². The number of hydrogen-bond acceptors (Lipinski definition) is 4. The number of nitrogens with two attached hydrogens (primary N) is 1. The first-order chi connectivity index (χ1) is 8.86. The van der Waals surface area contributed by atoms with Crippen molar-refractivity contribution in [2.24, 2.45) is 5.73 Å². The van der Waals surface area contributed by atoms with Crippen molar-refractivity contribution in [2.45, 2.75) is 25.6 Å². The second kappa shape index (κ2) is 5.00. The van der Waals surface area contributed by atoms with Gasteiger partial charge < -0.3 is 10.3 Å². The molecule has 2 aromatic rings. The highest BCUT2D eigenvalue weighted by Gasteiger charge is 2.29. The third kappa shape index (κ3) is 3.31. The lowest BCUT2D eigenvalue weighted by molar-refractivity contribution is -0.137. The first-order valence-electron chi connectivity index (χ1n) is 5.60. The summed E-state index contributed by atoms with van der Waals surface area (Å²) in [6.45, 7) is 1.70. The zero-order valence-electron chi connectivity index (χ0n) is 10.1. The summed E-state index contributed by atoms with van der Waals surface area (Å²) >= 11 is 0. The smallest absolute Gasteiger partial charge is 0.338 e. The number of halogens is 3. The lowest BCUT2D eigenvalue weighted by atomic mass is 10.1. The molecular weight excluding hydrogens is 259 g/mol. The zero-order chi connectivity index (χ0) is 14.0. The Morgan fingerprint density at radius 3 is 2.37 bits per heavy atom. The third-order valence-electron chi connectivity index (χ3n) is 2.52. The molecule has 0 unspecified atom stereocenters. The standard InChI is InChI=1S/C12H12F3N3O/c1-7(16)11-17-10(18-19-11)6-8-2-4-9(5-3-8)12(13,14)15/h2-5,7H,6,16H2,1H3/t7-/m0/s1. The largest absolute Gasteiger partial charge is 0.416 e. The summed E-state index contributed by atoms with van der Waals surface area (Å²) in [7, 11) is 0. The molecule has 0 bridgehead atoms. The van der Waals surface area contributed by atoms with Crippen LogP contribution in [0, 0.1) is 0 Å². The average Bonchev–Trinajstić information content (AvgIpc) is 2.77. The molecule has 0 saturated carbocycles. The Morgan fingerprint density at radius 2 is 1.89 bits per heavy atom. The maximum atomic E-state index is 12.4. The van der Waals surface area contributed by atoms with Crippen molar-refractivity contribution in [3.8, 4) is 0 Å². The minimum atomic E-state index is -4.33. The van der Waals surface area contributed by atoms with Crippen LogP contribution in [0.5, 0.6) is 0 Å². The van der Waals surface area contributed by atoms with Gasteiger partial charge in [0.05, 0.1) is 11.6 Å². The molecule has 2 rings (SSSR count). The molecule has 1 aromatic carbocycles. The number of hydrogen-bond donors (Lipinski definition) is 1. The zero-order valence-corrected chi connectivity index (χ0v) is 10.1. The van der Waals surface area contributed by atoms with E-state index in [0.29, 0.717) is 23.7 Å². The van der Waals surface area contributed by atoms with Gasteiger partial charge in [-0.05, 0) is 24.6 Å². The van der Waals surface area contributed by atoms with E-state index in [1.807, 2.05) is 0 Å². The van der Waals surface area contributed by atoms with Gasteiger partial charge in [-0.1, -0.05) is 17.3 Å². The van der Waals surface area contributed by atoms with Gasteiger partial charge in [0.25, 0.3) is 0 Å². The van der Waals surface area contributed by atoms with Crippen LogP contribution >= 0.6 is 0 Å². The monoisotopic (exact) mass is 271 g/mol. The summed E-state index contributed by atoms with van der Waals surface area (Å²) in [6.07, 6.45) is -4.03. The maximum Gasteiger partial charge on any atom is 0.416 e. The summed E-state index contributed by atoms with van der Waals surface area (Å²) in [4.78, 5) is 4.05. The summed E-state index contributed by atoms with van der Waals surface area (Å²) in [6, 6.07) is 4.48. The topological polar surface area (TPSA) is 64.9 Å². The number of aromatic nitrogens is 2. The molecule has 2 N–H and O–H groups in total. The van der Waals surface area contributed by atoms with Gasteiger partial charge in [-0.3, -0.25) is 0 Å². The van der Waals surface area contributed by atoms with Crippen LogP contribution < -0.4 is 5.73 Å². The van der Waals surface area contributed by atoms with Crippen molar-refractivity contribution in [2.75, 3.05) is 0 Å². The van der Waals surface area contributed by atoms with Gasteiger partial charge in [-0.2, -0.15) is 18.2 Å². The second-order valence-corrected chi connectivity index (χ2v) is 4.21. The fourth-order valence-electron chi connectivity index (χ4n) is 1.52. The van der Waals surface area contributed by atoms with Crippen LogP contribution in [0.25, 0.3) is 0 Å². The van der Waals surface area contributed by atoms with Gasteiger partial charge >= 0.3 is 6.18 Å². The van der Waals surface area contributed by atoms with Gasteiger partial charge in [0.1, 0.15) is 0 Å². The summed E-state index contributed by atoms with van der Waals surface area (Å²) < 4.78 is 42.1. The Bertz CT molecular complexity index is 546. The molecule has 0 aliphatic rings. The summed E-state index contributed by atoms with van der Waals surface area (Å²) in [5.74, 6) is 0.703. The first kappa shape index (κ1) is 13.5. The SMILES string of the molecule is C[C@H](N)c1nc(Cc2ccc(C(F)(F)F)cc2)no1. The van der Waals surface area contributed by atoms with Crippen LogP contribution in [0.15, 0.2) is 28.8 Å². The van der Waals surface area contributed by atoms with E-state index in [-0.39, 0.29) is 6.04 Å². The molecule has 0 amide bonds. The van der Waals surface area contributed by atoms with E-state index in [0.717, 1.165) is 12.1 Å². The molecule has 0 aliphatic heterocycles. The normalized spacial score (nSPS) is 13.5. The fourth-order valence-corrected chi connectivity index (χ4v) is 1.52. The van der Waals surface area contributed by atoms with E-state index < -0.39 is 11.7 Å². The summed E-state index contributed by atoms with van der Waals surface area (Å²) in [5.41, 5.74) is 5.56. The molecule has 1 heterocycles. The lowest BCUT2D eigenvalue weighted by Crippen LogP contribution is -2.05.